The molecule has 0 aliphatic carbocycles. The van der Waals surface area contributed by atoms with Crippen LogP contribution in [0.1, 0.15) is 18.6 Å². The zero-order chi connectivity index (χ0) is 25.9. The van der Waals surface area contributed by atoms with E-state index in [9.17, 15) is 17.2 Å². The molecule has 0 saturated carbocycles. The van der Waals surface area contributed by atoms with Crippen LogP contribution in [0.3, 0.4) is 0 Å². The van der Waals surface area contributed by atoms with Gasteiger partial charge in [0, 0.05) is 54.8 Å². The van der Waals surface area contributed by atoms with E-state index in [4.69, 9.17) is 4.74 Å². The Labute approximate surface area is 212 Å². The van der Waals surface area contributed by atoms with Crippen molar-refractivity contribution in [2.45, 2.75) is 13.0 Å². The average molecular weight is 526 g/mol. The molecule has 1 atom stereocenters. The molecule has 2 aliphatic rings. The molecule has 2 aromatic carbocycles. The van der Waals surface area contributed by atoms with Gasteiger partial charge in [-0.2, -0.15) is 5.10 Å². The van der Waals surface area contributed by atoms with Crippen LogP contribution >= 0.6 is 0 Å². The number of halogens is 2. The SMILES string of the molecule is CC(Oc1ccc2[nH]nc(-c3ccc(N4CC5(C4)CN(S(C)(=O)=O)C5)nc3)c2c1)c1cc(F)cc(F)c1. The van der Waals surface area contributed by atoms with Crippen molar-refractivity contribution in [1.29, 1.82) is 0 Å². The molecular formula is C26H25F2N5O3S. The third-order valence-electron chi connectivity index (χ3n) is 7.09. The first-order valence-corrected chi connectivity index (χ1v) is 13.7. The van der Waals surface area contributed by atoms with Crippen LogP contribution < -0.4 is 9.64 Å². The van der Waals surface area contributed by atoms with Crippen molar-refractivity contribution in [1.82, 2.24) is 19.5 Å². The Hall–Kier alpha value is -3.57. The van der Waals surface area contributed by atoms with Crippen molar-refractivity contribution >= 4 is 26.7 Å². The van der Waals surface area contributed by atoms with Crippen molar-refractivity contribution in [2.24, 2.45) is 5.41 Å². The molecule has 2 saturated heterocycles. The molecule has 4 heterocycles. The molecular weight excluding hydrogens is 500 g/mol. The summed E-state index contributed by atoms with van der Waals surface area (Å²) in [5.74, 6) is 0.0930. The molecule has 8 nitrogen and oxygen atoms in total. The highest BCUT2D eigenvalue weighted by atomic mass is 32.2. The van der Waals surface area contributed by atoms with Crippen LogP contribution in [0.4, 0.5) is 14.6 Å². The van der Waals surface area contributed by atoms with Gasteiger partial charge in [-0.05, 0) is 55.0 Å². The number of pyridine rings is 1. The monoisotopic (exact) mass is 525 g/mol. The van der Waals surface area contributed by atoms with Crippen LogP contribution in [0.15, 0.2) is 54.7 Å². The zero-order valence-corrected chi connectivity index (χ0v) is 21.1. The van der Waals surface area contributed by atoms with Crippen LogP contribution in [0.2, 0.25) is 0 Å². The number of hydrogen-bond donors (Lipinski definition) is 1. The zero-order valence-electron chi connectivity index (χ0n) is 20.3. The Kier molecular flexibility index (Phi) is 5.46. The lowest BCUT2D eigenvalue weighted by atomic mass is 9.74. The molecule has 2 aromatic heterocycles. The highest BCUT2D eigenvalue weighted by Crippen LogP contribution is 2.42. The fourth-order valence-corrected chi connectivity index (χ4v) is 6.16. The fourth-order valence-electron chi connectivity index (χ4n) is 5.14. The molecule has 2 aliphatic heterocycles. The molecule has 1 spiro atoms. The minimum atomic E-state index is -3.12. The van der Waals surface area contributed by atoms with Crippen molar-refractivity contribution < 1.29 is 21.9 Å². The molecule has 1 N–H and O–H groups in total. The van der Waals surface area contributed by atoms with E-state index in [1.165, 1.54) is 22.7 Å². The minimum Gasteiger partial charge on any atom is -0.486 e. The van der Waals surface area contributed by atoms with Gasteiger partial charge in [-0.1, -0.05) is 0 Å². The number of aromatic nitrogens is 3. The first-order valence-electron chi connectivity index (χ1n) is 11.9. The number of anilines is 1. The molecule has 37 heavy (non-hydrogen) atoms. The summed E-state index contributed by atoms with van der Waals surface area (Å²) in [4.78, 5) is 6.77. The maximum Gasteiger partial charge on any atom is 0.211 e. The first-order chi connectivity index (χ1) is 17.6. The molecule has 11 heteroatoms. The van der Waals surface area contributed by atoms with E-state index in [0.717, 1.165) is 41.4 Å². The Bertz CT molecular complexity index is 1570. The Balaban J connectivity index is 1.17. The summed E-state index contributed by atoms with van der Waals surface area (Å²) in [6.45, 7) is 4.43. The smallest absolute Gasteiger partial charge is 0.211 e. The van der Waals surface area contributed by atoms with E-state index < -0.39 is 27.8 Å². The van der Waals surface area contributed by atoms with E-state index >= 15 is 0 Å². The number of H-pyrrole nitrogens is 1. The van der Waals surface area contributed by atoms with Gasteiger partial charge in [0.05, 0.1) is 11.8 Å². The van der Waals surface area contributed by atoms with E-state index in [1.54, 1.807) is 19.2 Å². The summed E-state index contributed by atoms with van der Waals surface area (Å²) < 4.78 is 58.0. The van der Waals surface area contributed by atoms with E-state index in [-0.39, 0.29) is 5.41 Å². The number of nitrogens with zero attached hydrogens (tertiary/aromatic N) is 4. The minimum absolute atomic E-state index is 0.0344. The molecule has 0 amide bonds. The van der Waals surface area contributed by atoms with Gasteiger partial charge in [0.1, 0.15) is 35.0 Å². The summed E-state index contributed by atoms with van der Waals surface area (Å²) in [6.07, 6.45) is 2.46. The normalized spacial score (nSPS) is 18.0. The third kappa shape index (κ3) is 4.42. The summed E-state index contributed by atoms with van der Waals surface area (Å²) in [6, 6.07) is 12.7. The van der Waals surface area contributed by atoms with E-state index in [1.807, 2.05) is 24.3 Å². The lowest BCUT2D eigenvalue weighted by Gasteiger charge is -2.59. The van der Waals surface area contributed by atoms with Crippen molar-refractivity contribution in [2.75, 3.05) is 37.3 Å². The van der Waals surface area contributed by atoms with Crippen molar-refractivity contribution in [3.8, 4) is 17.0 Å². The van der Waals surface area contributed by atoms with Gasteiger partial charge < -0.3 is 9.64 Å². The second-order valence-electron chi connectivity index (χ2n) is 10.0. The van der Waals surface area contributed by atoms with Gasteiger partial charge in [0.25, 0.3) is 0 Å². The number of ether oxygens (including phenoxy) is 1. The predicted octanol–water partition coefficient (Wildman–Crippen LogP) is 4.12. The second-order valence-corrected chi connectivity index (χ2v) is 12.0. The largest absolute Gasteiger partial charge is 0.486 e. The quantitative estimate of drug-likeness (QED) is 0.407. The number of rotatable bonds is 6. The molecule has 4 aromatic rings. The Morgan fingerprint density at radius 3 is 2.41 bits per heavy atom. The molecule has 2 fully saturated rings. The highest BCUT2D eigenvalue weighted by Gasteiger charge is 2.54. The Morgan fingerprint density at radius 1 is 1.03 bits per heavy atom. The van der Waals surface area contributed by atoms with Crippen LogP contribution in [-0.4, -0.2) is 60.3 Å². The number of nitrogens with one attached hydrogen (secondary N) is 1. The first kappa shape index (κ1) is 23.8. The number of sulfonamides is 1. The van der Waals surface area contributed by atoms with Gasteiger partial charge in [-0.3, -0.25) is 5.10 Å². The average Bonchev–Trinajstić information content (AvgIpc) is 3.19. The second kappa shape index (κ2) is 8.49. The molecule has 192 valence electrons. The molecule has 6 rings (SSSR count). The molecule has 0 radical (unpaired) electrons. The van der Waals surface area contributed by atoms with E-state index in [0.29, 0.717) is 30.1 Å². The summed E-state index contributed by atoms with van der Waals surface area (Å²) in [5, 5.41) is 8.31. The van der Waals surface area contributed by atoms with Crippen LogP contribution in [0.5, 0.6) is 5.75 Å². The Morgan fingerprint density at radius 2 is 1.76 bits per heavy atom. The van der Waals surface area contributed by atoms with Crippen LogP contribution in [-0.2, 0) is 10.0 Å². The van der Waals surface area contributed by atoms with Crippen molar-refractivity contribution in [3.63, 3.8) is 0 Å². The lowest BCUT2D eigenvalue weighted by Crippen LogP contribution is -2.73. The number of hydrogen-bond acceptors (Lipinski definition) is 6. The summed E-state index contributed by atoms with van der Waals surface area (Å²) in [7, 11) is -3.12. The van der Waals surface area contributed by atoms with Gasteiger partial charge in [0.15, 0.2) is 0 Å². The maximum atomic E-state index is 13.6. The number of aromatic amines is 1. The fraction of sp³-hybridized carbons (Fsp3) is 0.308. The molecule has 1 unspecified atom stereocenters. The predicted molar refractivity (Wildman–Crippen MR) is 136 cm³/mol. The van der Waals surface area contributed by atoms with Gasteiger partial charge in [-0.15, -0.1) is 0 Å². The molecule has 0 bridgehead atoms. The van der Waals surface area contributed by atoms with E-state index in [2.05, 4.69) is 20.1 Å². The standard InChI is InChI=1S/C26H25F2N5O3S/c1-16(18-7-19(27)9-20(28)8-18)36-21-4-5-23-22(10-21)25(31-30-23)17-3-6-24(29-11-17)32-12-26(13-32)14-33(15-26)37(2,34)35/h3-11,16H,12-15H2,1-2H3,(H,30,31). The van der Waals surface area contributed by atoms with Gasteiger partial charge >= 0.3 is 0 Å². The number of benzene rings is 2. The van der Waals surface area contributed by atoms with Crippen LogP contribution in [0.25, 0.3) is 22.2 Å². The summed E-state index contributed by atoms with van der Waals surface area (Å²) >= 11 is 0. The highest BCUT2D eigenvalue weighted by molar-refractivity contribution is 7.88. The van der Waals surface area contributed by atoms with Gasteiger partial charge in [-0.25, -0.2) is 26.5 Å². The van der Waals surface area contributed by atoms with Crippen LogP contribution in [0, 0.1) is 17.0 Å². The maximum absolute atomic E-state index is 13.6. The number of fused-ring (bicyclic) bond motifs is 1. The third-order valence-corrected chi connectivity index (χ3v) is 8.29. The van der Waals surface area contributed by atoms with Gasteiger partial charge in [0.2, 0.25) is 10.0 Å². The van der Waals surface area contributed by atoms with Crippen molar-refractivity contribution in [3.05, 3.63) is 71.9 Å². The topological polar surface area (TPSA) is 91.4 Å². The lowest BCUT2D eigenvalue weighted by molar-refractivity contribution is 0.0395. The summed E-state index contributed by atoms with van der Waals surface area (Å²) in [5.41, 5.74) is 2.80.